The van der Waals surface area contributed by atoms with Crippen LogP contribution in [0.15, 0.2) is 24.3 Å². The van der Waals surface area contributed by atoms with Crippen molar-refractivity contribution in [3.63, 3.8) is 0 Å². The summed E-state index contributed by atoms with van der Waals surface area (Å²) >= 11 is 0. The maximum atomic E-state index is 13.8. The molecule has 33 heavy (non-hydrogen) atoms. The number of carbonyl (C=O) groups is 3. The van der Waals surface area contributed by atoms with Gasteiger partial charge < -0.3 is 25.4 Å². The average molecular weight is 464 g/mol. The van der Waals surface area contributed by atoms with Crippen LogP contribution in [0.25, 0.3) is 0 Å². The second kappa shape index (κ2) is 11.9. The van der Waals surface area contributed by atoms with Gasteiger partial charge in [-0.2, -0.15) is 0 Å². The Labute approximate surface area is 198 Å². The normalized spacial score (nSPS) is 13.6. The van der Waals surface area contributed by atoms with E-state index in [0.29, 0.717) is 12.0 Å². The van der Waals surface area contributed by atoms with E-state index < -0.39 is 23.8 Å². The topological polar surface area (TPSA) is 108 Å². The van der Waals surface area contributed by atoms with Crippen molar-refractivity contribution in [2.75, 3.05) is 0 Å². The Kier molecular flexibility index (Phi) is 10.2. The summed E-state index contributed by atoms with van der Waals surface area (Å²) < 4.78 is 5.37. The van der Waals surface area contributed by atoms with Crippen LogP contribution < -0.4 is 10.6 Å². The van der Waals surface area contributed by atoms with Crippen molar-refractivity contribution < 1.29 is 24.2 Å². The van der Waals surface area contributed by atoms with Gasteiger partial charge in [0.2, 0.25) is 11.8 Å². The Bertz CT molecular complexity index is 797. The summed E-state index contributed by atoms with van der Waals surface area (Å²) in [5.41, 5.74) is -0.146. The SMILES string of the molecule is CC(C)CC(NC(=O)OC(C)(C)C)C(=O)N(C(C)C)C(C(=O)NC(C)C)c1ccc(O)cc1. The van der Waals surface area contributed by atoms with Crippen molar-refractivity contribution >= 4 is 17.9 Å². The highest BCUT2D eigenvalue weighted by molar-refractivity contribution is 5.92. The first-order chi connectivity index (χ1) is 15.1. The van der Waals surface area contributed by atoms with Crippen molar-refractivity contribution in [3.8, 4) is 5.75 Å². The molecule has 0 heterocycles. The molecule has 0 bridgehead atoms. The van der Waals surface area contributed by atoms with Gasteiger partial charge in [-0.05, 0) is 78.5 Å². The first-order valence-corrected chi connectivity index (χ1v) is 11.5. The lowest BCUT2D eigenvalue weighted by atomic mass is 9.97. The quantitative estimate of drug-likeness (QED) is 0.510. The molecule has 2 unspecified atom stereocenters. The number of phenolic OH excluding ortho intramolecular Hbond substituents is 1. The molecule has 0 aliphatic rings. The Morgan fingerprint density at radius 1 is 0.970 bits per heavy atom. The number of carbonyl (C=O) groups excluding carboxylic acids is 3. The number of nitrogens with zero attached hydrogens (tertiary/aromatic N) is 1. The molecule has 1 aromatic rings. The number of hydrogen-bond acceptors (Lipinski definition) is 5. The van der Waals surface area contributed by atoms with Crippen LogP contribution in [0, 0.1) is 5.92 Å². The van der Waals surface area contributed by atoms with E-state index >= 15 is 0 Å². The Morgan fingerprint density at radius 3 is 1.94 bits per heavy atom. The Hall–Kier alpha value is -2.77. The molecule has 1 aromatic carbocycles. The van der Waals surface area contributed by atoms with Gasteiger partial charge in [0.05, 0.1) is 0 Å². The monoisotopic (exact) mass is 463 g/mol. The predicted molar refractivity (Wildman–Crippen MR) is 129 cm³/mol. The van der Waals surface area contributed by atoms with Crippen LogP contribution in [0.2, 0.25) is 0 Å². The summed E-state index contributed by atoms with van der Waals surface area (Å²) in [4.78, 5) is 41.1. The van der Waals surface area contributed by atoms with Gasteiger partial charge in [-0.3, -0.25) is 9.59 Å². The molecule has 0 radical (unpaired) electrons. The third-order valence-electron chi connectivity index (χ3n) is 4.67. The minimum absolute atomic E-state index is 0.0634. The molecule has 0 fully saturated rings. The van der Waals surface area contributed by atoms with Crippen LogP contribution >= 0.6 is 0 Å². The predicted octanol–water partition coefficient (Wildman–Crippen LogP) is 4.13. The van der Waals surface area contributed by atoms with Gasteiger partial charge in [0.25, 0.3) is 0 Å². The minimum atomic E-state index is -0.935. The van der Waals surface area contributed by atoms with Gasteiger partial charge in [-0.1, -0.05) is 26.0 Å². The lowest BCUT2D eigenvalue weighted by Gasteiger charge is -2.37. The van der Waals surface area contributed by atoms with Crippen LogP contribution in [0.1, 0.15) is 80.3 Å². The molecule has 186 valence electrons. The number of phenols is 1. The van der Waals surface area contributed by atoms with Crippen molar-refractivity contribution in [1.82, 2.24) is 15.5 Å². The number of rotatable bonds is 9. The van der Waals surface area contributed by atoms with E-state index in [2.05, 4.69) is 10.6 Å². The average Bonchev–Trinajstić information content (AvgIpc) is 2.63. The van der Waals surface area contributed by atoms with Gasteiger partial charge in [-0.25, -0.2) is 4.79 Å². The molecule has 1 rings (SSSR count). The smallest absolute Gasteiger partial charge is 0.408 e. The molecular weight excluding hydrogens is 422 g/mol. The molecule has 0 aliphatic carbocycles. The molecule has 0 saturated heterocycles. The molecule has 0 aromatic heterocycles. The minimum Gasteiger partial charge on any atom is -0.508 e. The fraction of sp³-hybridized carbons (Fsp3) is 0.640. The van der Waals surface area contributed by atoms with E-state index in [1.807, 2.05) is 41.5 Å². The molecule has 8 nitrogen and oxygen atoms in total. The summed E-state index contributed by atoms with van der Waals surface area (Å²) in [5, 5.41) is 15.3. The van der Waals surface area contributed by atoms with E-state index in [1.54, 1.807) is 32.9 Å². The van der Waals surface area contributed by atoms with E-state index in [0.717, 1.165) is 0 Å². The second-order valence-corrected chi connectivity index (χ2v) is 10.3. The Balaban J connectivity index is 3.42. The molecular formula is C25H41N3O5. The van der Waals surface area contributed by atoms with Gasteiger partial charge in [0, 0.05) is 12.1 Å². The molecule has 8 heteroatoms. The number of benzene rings is 1. The number of aromatic hydroxyl groups is 1. The maximum Gasteiger partial charge on any atom is 0.408 e. The summed E-state index contributed by atoms with van der Waals surface area (Å²) in [6.45, 7) is 16.5. The zero-order chi connectivity index (χ0) is 25.5. The number of hydrogen-bond donors (Lipinski definition) is 3. The second-order valence-electron chi connectivity index (χ2n) is 10.3. The molecule has 3 N–H and O–H groups in total. The van der Waals surface area contributed by atoms with Crippen LogP contribution in [-0.2, 0) is 14.3 Å². The fourth-order valence-electron chi connectivity index (χ4n) is 3.46. The van der Waals surface area contributed by atoms with Gasteiger partial charge in [-0.15, -0.1) is 0 Å². The highest BCUT2D eigenvalue weighted by Crippen LogP contribution is 2.27. The molecule has 0 saturated carbocycles. The summed E-state index contributed by atoms with van der Waals surface area (Å²) in [6, 6.07) is 3.95. The lowest BCUT2D eigenvalue weighted by Crippen LogP contribution is -2.55. The van der Waals surface area contributed by atoms with Crippen LogP contribution in [0.5, 0.6) is 5.75 Å². The number of amides is 3. The van der Waals surface area contributed by atoms with Crippen molar-refractivity contribution in [3.05, 3.63) is 29.8 Å². The fourth-order valence-corrected chi connectivity index (χ4v) is 3.46. The standard InChI is InChI=1S/C25H41N3O5/c1-15(2)14-20(27-24(32)33-25(7,8)9)23(31)28(17(5)6)21(22(30)26-16(3)4)18-10-12-19(29)13-11-18/h10-13,15-17,20-21,29H,14H2,1-9H3,(H,26,30)(H,27,32). The number of alkyl carbamates (subject to hydrolysis) is 1. The van der Waals surface area contributed by atoms with Crippen LogP contribution in [0.3, 0.4) is 0 Å². The summed E-state index contributed by atoms with van der Waals surface area (Å²) in [5.74, 6) is -0.534. The van der Waals surface area contributed by atoms with Crippen molar-refractivity contribution in [1.29, 1.82) is 0 Å². The van der Waals surface area contributed by atoms with Gasteiger partial charge >= 0.3 is 6.09 Å². The molecule has 0 aliphatic heterocycles. The summed E-state index contributed by atoms with van der Waals surface area (Å²) in [6.07, 6.45) is -0.298. The lowest BCUT2D eigenvalue weighted by molar-refractivity contribution is -0.145. The highest BCUT2D eigenvalue weighted by atomic mass is 16.6. The van der Waals surface area contributed by atoms with E-state index in [1.165, 1.54) is 17.0 Å². The zero-order valence-corrected chi connectivity index (χ0v) is 21.4. The van der Waals surface area contributed by atoms with Crippen molar-refractivity contribution in [2.45, 2.75) is 98.5 Å². The van der Waals surface area contributed by atoms with E-state index in [4.69, 9.17) is 4.74 Å². The van der Waals surface area contributed by atoms with Crippen molar-refractivity contribution in [2.24, 2.45) is 5.92 Å². The third kappa shape index (κ3) is 9.32. The third-order valence-corrected chi connectivity index (χ3v) is 4.67. The first kappa shape index (κ1) is 28.3. The number of ether oxygens (including phenoxy) is 1. The number of nitrogens with one attached hydrogen (secondary N) is 2. The van der Waals surface area contributed by atoms with Gasteiger partial charge in [0.15, 0.2) is 0 Å². The van der Waals surface area contributed by atoms with Crippen LogP contribution in [-0.4, -0.2) is 51.6 Å². The molecule has 0 spiro atoms. The Morgan fingerprint density at radius 2 is 1.52 bits per heavy atom. The van der Waals surface area contributed by atoms with Crippen LogP contribution in [0.4, 0.5) is 4.79 Å². The summed E-state index contributed by atoms with van der Waals surface area (Å²) in [7, 11) is 0. The first-order valence-electron chi connectivity index (χ1n) is 11.5. The van der Waals surface area contributed by atoms with Gasteiger partial charge in [0.1, 0.15) is 23.4 Å². The van der Waals surface area contributed by atoms with E-state index in [9.17, 15) is 19.5 Å². The largest absolute Gasteiger partial charge is 0.508 e. The molecule has 3 amide bonds. The highest BCUT2D eigenvalue weighted by Gasteiger charge is 2.38. The molecule has 2 atom stereocenters. The maximum absolute atomic E-state index is 13.8. The zero-order valence-electron chi connectivity index (χ0n) is 21.4. The van der Waals surface area contributed by atoms with E-state index in [-0.39, 0.29) is 35.6 Å².